The Morgan fingerprint density at radius 1 is 0.333 bits per heavy atom. The molecule has 0 aromatic carbocycles. The fraction of sp³-hybridized carbons (Fsp3) is 0.938. The van der Waals surface area contributed by atoms with Crippen LogP contribution in [0.4, 0.5) is 0 Å². The number of aliphatic hydroxyl groups is 1. The van der Waals surface area contributed by atoms with E-state index in [0.717, 1.165) is 120 Å². The number of unbranched alkanes of at least 4 members (excludes halogenated alkanes) is 26. The lowest BCUT2D eigenvalue weighted by atomic mass is 10.00. The lowest BCUT2D eigenvalue weighted by Gasteiger charge is -2.21. The van der Waals surface area contributed by atoms with Crippen LogP contribution in [0, 0.1) is 23.7 Å². The molecule has 0 spiro atoms. The number of phosphoric acid groups is 2. The van der Waals surface area contributed by atoms with Gasteiger partial charge < -0.3 is 33.8 Å². The Bertz CT molecular complexity index is 1680. The van der Waals surface area contributed by atoms with Gasteiger partial charge in [-0.05, 0) is 49.4 Å². The van der Waals surface area contributed by atoms with E-state index in [1.165, 1.54) is 109 Å². The molecule has 0 radical (unpaired) electrons. The highest BCUT2D eigenvalue weighted by Gasteiger charge is 2.30. The van der Waals surface area contributed by atoms with Crippen LogP contribution in [0.2, 0.25) is 0 Å². The van der Waals surface area contributed by atoms with Gasteiger partial charge in [0.15, 0.2) is 12.2 Å². The molecule has 84 heavy (non-hydrogen) atoms. The molecule has 0 aliphatic rings. The second kappa shape index (κ2) is 55.2. The van der Waals surface area contributed by atoms with Crippen molar-refractivity contribution in [2.45, 2.75) is 331 Å². The van der Waals surface area contributed by atoms with Gasteiger partial charge in [-0.25, -0.2) is 9.13 Å². The third-order valence-corrected chi connectivity index (χ3v) is 17.4. The summed E-state index contributed by atoms with van der Waals surface area (Å²) in [6.07, 6.45) is 34.9. The van der Waals surface area contributed by atoms with Crippen molar-refractivity contribution in [2.24, 2.45) is 23.7 Å². The number of esters is 4. The normalized spacial score (nSPS) is 15.1. The van der Waals surface area contributed by atoms with Crippen molar-refractivity contribution in [3.63, 3.8) is 0 Å². The van der Waals surface area contributed by atoms with Crippen molar-refractivity contribution in [1.29, 1.82) is 0 Å². The first-order valence-corrected chi connectivity index (χ1v) is 36.8. The summed E-state index contributed by atoms with van der Waals surface area (Å²) in [5.41, 5.74) is 0. The number of aliphatic hydroxyl groups excluding tert-OH is 1. The molecule has 0 heterocycles. The Balaban J connectivity index is 5.26. The number of ether oxygens (including phenoxy) is 4. The van der Waals surface area contributed by atoms with Crippen LogP contribution in [-0.2, 0) is 65.4 Å². The number of carbonyl (C=O) groups excluding carboxylic acids is 4. The van der Waals surface area contributed by atoms with Crippen molar-refractivity contribution >= 4 is 39.5 Å². The molecule has 0 saturated heterocycles. The van der Waals surface area contributed by atoms with E-state index in [9.17, 15) is 43.2 Å². The Morgan fingerprint density at radius 2 is 0.571 bits per heavy atom. The molecule has 0 rings (SSSR count). The van der Waals surface area contributed by atoms with Gasteiger partial charge in [-0.2, -0.15) is 0 Å². The van der Waals surface area contributed by atoms with Crippen LogP contribution in [0.3, 0.4) is 0 Å². The second-order valence-electron chi connectivity index (χ2n) is 24.9. The quantitative estimate of drug-likeness (QED) is 0.0222. The molecule has 0 aromatic rings. The van der Waals surface area contributed by atoms with Crippen molar-refractivity contribution in [3.8, 4) is 0 Å². The Hall–Kier alpha value is -1.94. The minimum atomic E-state index is -4.95. The fourth-order valence-corrected chi connectivity index (χ4v) is 11.1. The molecule has 4 unspecified atom stereocenters. The first-order chi connectivity index (χ1) is 40.2. The highest BCUT2D eigenvalue weighted by Crippen LogP contribution is 2.45. The maximum absolute atomic E-state index is 13.0. The molecule has 3 N–H and O–H groups in total. The summed E-state index contributed by atoms with van der Waals surface area (Å²) >= 11 is 0. The number of rotatable bonds is 62. The highest BCUT2D eigenvalue weighted by molar-refractivity contribution is 7.47. The number of carbonyl (C=O) groups is 4. The van der Waals surface area contributed by atoms with Crippen LogP contribution < -0.4 is 0 Å². The van der Waals surface area contributed by atoms with E-state index in [1.54, 1.807) is 0 Å². The van der Waals surface area contributed by atoms with Crippen molar-refractivity contribution in [3.05, 3.63) is 0 Å². The molecule has 7 atom stereocenters. The highest BCUT2D eigenvalue weighted by atomic mass is 31.2. The third kappa shape index (κ3) is 56.6. The molecule has 19 heteroatoms. The number of hydrogen-bond acceptors (Lipinski definition) is 15. The number of phosphoric ester groups is 2. The molecule has 0 amide bonds. The van der Waals surface area contributed by atoms with Crippen molar-refractivity contribution in [2.75, 3.05) is 39.6 Å². The minimum absolute atomic E-state index is 0.101. The predicted molar refractivity (Wildman–Crippen MR) is 335 cm³/mol. The number of hydrogen-bond donors (Lipinski definition) is 3. The van der Waals surface area contributed by atoms with Crippen molar-refractivity contribution in [1.82, 2.24) is 0 Å². The topological polar surface area (TPSA) is 237 Å². The van der Waals surface area contributed by atoms with Crippen LogP contribution in [0.1, 0.15) is 312 Å². The van der Waals surface area contributed by atoms with E-state index in [1.807, 2.05) is 0 Å². The van der Waals surface area contributed by atoms with Crippen LogP contribution in [-0.4, -0.2) is 96.7 Å². The molecule has 0 saturated carbocycles. The second-order valence-corrected chi connectivity index (χ2v) is 27.8. The zero-order valence-corrected chi connectivity index (χ0v) is 56.3. The lowest BCUT2D eigenvalue weighted by Crippen LogP contribution is -2.30. The Morgan fingerprint density at radius 3 is 0.845 bits per heavy atom. The summed E-state index contributed by atoms with van der Waals surface area (Å²) in [6, 6.07) is 0. The van der Waals surface area contributed by atoms with Gasteiger partial charge in [-0.15, -0.1) is 0 Å². The van der Waals surface area contributed by atoms with E-state index in [2.05, 4.69) is 55.4 Å². The van der Waals surface area contributed by atoms with Gasteiger partial charge in [0, 0.05) is 25.7 Å². The lowest BCUT2D eigenvalue weighted by molar-refractivity contribution is -0.161. The van der Waals surface area contributed by atoms with Crippen LogP contribution in [0.5, 0.6) is 0 Å². The molecular weight excluding hydrogens is 1110 g/mol. The smallest absolute Gasteiger partial charge is 0.462 e. The largest absolute Gasteiger partial charge is 0.472 e. The minimum Gasteiger partial charge on any atom is -0.462 e. The summed E-state index contributed by atoms with van der Waals surface area (Å²) in [6.45, 7) is 14.0. The van der Waals surface area contributed by atoms with Gasteiger partial charge in [0.2, 0.25) is 0 Å². The summed E-state index contributed by atoms with van der Waals surface area (Å²) in [7, 11) is -9.89. The molecule has 0 aromatic heterocycles. The Labute approximate surface area is 511 Å². The van der Waals surface area contributed by atoms with E-state index in [4.69, 9.17) is 37.0 Å². The average molecular weight is 1240 g/mol. The SMILES string of the molecule is CCC(C)CCCCCCCCC(=O)OC[C@H](COP(=O)(O)OC[C@H](O)COP(=O)(O)OC[C@@H](COC(=O)CCCCCCCCCCCCC(C)C)OC(=O)CCCCCCCCCCC(C)C)OC(=O)CCCCCCCCC(C)CC. The van der Waals surface area contributed by atoms with E-state index >= 15 is 0 Å². The van der Waals surface area contributed by atoms with E-state index in [0.29, 0.717) is 25.7 Å². The molecule has 498 valence electrons. The third-order valence-electron chi connectivity index (χ3n) is 15.5. The maximum atomic E-state index is 13.0. The van der Waals surface area contributed by atoms with Crippen LogP contribution in [0.15, 0.2) is 0 Å². The fourth-order valence-electron chi connectivity index (χ4n) is 9.54. The van der Waals surface area contributed by atoms with E-state index in [-0.39, 0.29) is 25.7 Å². The van der Waals surface area contributed by atoms with Gasteiger partial charge in [-0.3, -0.25) is 37.3 Å². The van der Waals surface area contributed by atoms with Gasteiger partial charge >= 0.3 is 39.5 Å². The molecule has 0 fully saturated rings. The molecule has 0 aliphatic carbocycles. The predicted octanol–water partition coefficient (Wildman–Crippen LogP) is 17.8. The first-order valence-electron chi connectivity index (χ1n) is 33.8. The summed E-state index contributed by atoms with van der Waals surface area (Å²) in [5.74, 6) is 0.787. The molecule has 0 aliphatic heterocycles. The van der Waals surface area contributed by atoms with Gasteiger partial charge in [0.05, 0.1) is 26.4 Å². The van der Waals surface area contributed by atoms with Crippen LogP contribution in [0.25, 0.3) is 0 Å². The maximum Gasteiger partial charge on any atom is 0.472 e. The zero-order chi connectivity index (χ0) is 62.5. The summed E-state index contributed by atoms with van der Waals surface area (Å²) in [5, 5.41) is 10.5. The van der Waals surface area contributed by atoms with Gasteiger partial charge in [0.25, 0.3) is 0 Å². The van der Waals surface area contributed by atoms with Crippen molar-refractivity contribution < 1.29 is 80.2 Å². The van der Waals surface area contributed by atoms with Gasteiger partial charge in [-0.1, -0.05) is 261 Å². The summed E-state index contributed by atoms with van der Waals surface area (Å²) in [4.78, 5) is 72.3. The zero-order valence-electron chi connectivity index (χ0n) is 54.5. The first kappa shape index (κ1) is 82.1. The average Bonchev–Trinajstić information content (AvgIpc) is 3.47. The standard InChI is InChI=1S/C65H126O17P2/c1-9-57(7)43-35-27-21-23-30-38-46-63(68)76-52-61(82-65(70)48-40-32-24-22-28-36-44-58(8)10-2)54-80-84(73,74)78-50-59(66)49-77-83(71,72)79-53-60(81-64(69)47-39-31-20-16-15-18-26-34-42-56(5)6)51-75-62(67)45-37-29-19-14-12-11-13-17-25-33-41-55(3)4/h55-61,66H,9-54H2,1-8H3,(H,71,72)(H,73,74)/t57?,58?,59-,60-,61-/m1/s1. The summed E-state index contributed by atoms with van der Waals surface area (Å²) < 4.78 is 68.0. The molecule has 0 bridgehead atoms. The molecule has 17 nitrogen and oxygen atoms in total. The monoisotopic (exact) mass is 1240 g/mol. The molecular formula is C65H126O17P2. The van der Waals surface area contributed by atoms with E-state index < -0.39 is 97.5 Å². The Kier molecular flexibility index (Phi) is 53.9. The van der Waals surface area contributed by atoms with Crippen LogP contribution >= 0.6 is 15.6 Å². The van der Waals surface area contributed by atoms with Gasteiger partial charge in [0.1, 0.15) is 19.3 Å².